The van der Waals surface area contributed by atoms with Gasteiger partial charge in [0.2, 0.25) is 6.79 Å². The summed E-state index contributed by atoms with van der Waals surface area (Å²) in [6.45, 7) is 3.54. The molecule has 1 aliphatic heterocycles. The Morgan fingerprint density at radius 1 is 1.28 bits per heavy atom. The summed E-state index contributed by atoms with van der Waals surface area (Å²) < 4.78 is 10.7. The zero-order chi connectivity index (χ0) is 12.4. The molecule has 1 heterocycles. The normalized spacial score (nSPS) is 19.6. The van der Waals surface area contributed by atoms with Gasteiger partial charge in [-0.1, -0.05) is 25.3 Å². The maximum absolute atomic E-state index is 5.39. The van der Waals surface area contributed by atoms with Crippen molar-refractivity contribution in [3.05, 3.63) is 23.8 Å². The van der Waals surface area contributed by atoms with E-state index in [1.54, 1.807) is 0 Å². The minimum absolute atomic E-state index is 0.351. The molecule has 3 rings (SSSR count). The third kappa shape index (κ3) is 2.61. The van der Waals surface area contributed by atoms with Crippen LogP contribution in [0, 0.1) is 5.92 Å². The van der Waals surface area contributed by atoms with Gasteiger partial charge < -0.3 is 14.8 Å². The van der Waals surface area contributed by atoms with E-state index in [1.165, 1.54) is 31.2 Å². The van der Waals surface area contributed by atoms with E-state index in [0.717, 1.165) is 24.0 Å². The second-order valence-electron chi connectivity index (χ2n) is 5.50. The predicted octanol–water partition coefficient (Wildman–Crippen LogP) is 3.08. The van der Waals surface area contributed by atoms with E-state index in [0.29, 0.717) is 12.8 Å². The Bertz CT molecular complexity index is 415. The van der Waals surface area contributed by atoms with E-state index in [1.807, 2.05) is 6.07 Å². The zero-order valence-corrected chi connectivity index (χ0v) is 10.9. The van der Waals surface area contributed by atoms with Crippen molar-refractivity contribution >= 4 is 0 Å². The van der Waals surface area contributed by atoms with Gasteiger partial charge >= 0.3 is 0 Å². The first-order valence-electron chi connectivity index (χ1n) is 6.93. The van der Waals surface area contributed by atoms with Gasteiger partial charge in [-0.2, -0.15) is 0 Å². The summed E-state index contributed by atoms with van der Waals surface area (Å²) in [5.74, 6) is 2.70. The van der Waals surface area contributed by atoms with Gasteiger partial charge in [0.05, 0.1) is 0 Å². The first kappa shape index (κ1) is 11.8. The van der Waals surface area contributed by atoms with Crippen LogP contribution in [0.15, 0.2) is 18.2 Å². The quantitative estimate of drug-likeness (QED) is 0.867. The SMILES string of the molecule is CC(CC1CCC1)NCc1ccc2c(c1)OCO2. The van der Waals surface area contributed by atoms with Crippen LogP contribution in [-0.4, -0.2) is 12.8 Å². The lowest BCUT2D eigenvalue weighted by Gasteiger charge is -2.28. The summed E-state index contributed by atoms with van der Waals surface area (Å²) in [4.78, 5) is 0. The first-order valence-corrected chi connectivity index (χ1v) is 6.93. The highest BCUT2D eigenvalue weighted by atomic mass is 16.7. The fourth-order valence-corrected chi connectivity index (χ4v) is 2.65. The number of hydrogen-bond donors (Lipinski definition) is 1. The van der Waals surface area contributed by atoms with Crippen molar-refractivity contribution in [3.63, 3.8) is 0 Å². The first-order chi connectivity index (χ1) is 8.81. The highest BCUT2D eigenvalue weighted by molar-refractivity contribution is 5.44. The van der Waals surface area contributed by atoms with Crippen LogP contribution in [0.25, 0.3) is 0 Å². The third-order valence-electron chi connectivity index (χ3n) is 4.00. The summed E-state index contributed by atoms with van der Waals surface area (Å²) in [5, 5.41) is 3.59. The van der Waals surface area contributed by atoms with E-state index in [-0.39, 0.29) is 0 Å². The minimum atomic E-state index is 0.351. The second-order valence-corrected chi connectivity index (χ2v) is 5.50. The number of rotatable bonds is 5. The molecule has 0 amide bonds. The molecule has 1 aromatic carbocycles. The molecule has 2 aliphatic rings. The van der Waals surface area contributed by atoms with Crippen molar-refractivity contribution in [2.45, 2.75) is 45.2 Å². The van der Waals surface area contributed by atoms with Gasteiger partial charge in [-0.25, -0.2) is 0 Å². The van der Waals surface area contributed by atoms with Gasteiger partial charge in [0.25, 0.3) is 0 Å². The Morgan fingerprint density at radius 2 is 2.11 bits per heavy atom. The van der Waals surface area contributed by atoms with Gasteiger partial charge in [-0.3, -0.25) is 0 Å². The van der Waals surface area contributed by atoms with Crippen molar-refractivity contribution < 1.29 is 9.47 Å². The highest BCUT2D eigenvalue weighted by Crippen LogP contribution is 2.33. The summed E-state index contributed by atoms with van der Waals surface area (Å²) in [6.07, 6.45) is 5.59. The third-order valence-corrected chi connectivity index (χ3v) is 4.00. The van der Waals surface area contributed by atoms with Crippen molar-refractivity contribution in [1.29, 1.82) is 0 Å². The minimum Gasteiger partial charge on any atom is -0.454 e. The number of hydrogen-bond acceptors (Lipinski definition) is 3. The van der Waals surface area contributed by atoms with Crippen LogP contribution in [0.2, 0.25) is 0 Å². The van der Waals surface area contributed by atoms with Gasteiger partial charge in [-0.15, -0.1) is 0 Å². The van der Waals surface area contributed by atoms with E-state index in [9.17, 15) is 0 Å². The average molecular weight is 247 g/mol. The largest absolute Gasteiger partial charge is 0.454 e. The lowest BCUT2D eigenvalue weighted by atomic mass is 9.81. The molecule has 1 saturated carbocycles. The monoisotopic (exact) mass is 247 g/mol. The molecule has 98 valence electrons. The van der Waals surface area contributed by atoms with Crippen LogP contribution in [0.3, 0.4) is 0 Å². The summed E-state index contributed by atoms with van der Waals surface area (Å²) in [5.41, 5.74) is 1.26. The number of fused-ring (bicyclic) bond motifs is 1. The summed E-state index contributed by atoms with van der Waals surface area (Å²) in [6, 6.07) is 6.78. The van der Waals surface area contributed by atoms with Gasteiger partial charge in [0, 0.05) is 12.6 Å². The Labute approximate surface area is 108 Å². The molecule has 0 aromatic heterocycles. The molecule has 0 bridgehead atoms. The zero-order valence-electron chi connectivity index (χ0n) is 10.9. The Morgan fingerprint density at radius 3 is 2.89 bits per heavy atom. The van der Waals surface area contributed by atoms with Crippen LogP contribution in [0.1, 0.15) is 38.2 Å². The van der Waals surface area contributed by atoms with Crippen LogP contribution in [0.5, 0.6) is 11.5 Å². The highest BCUT2D eigenvalue weighted by Gasteiger charge is 2.19. The molecule has 1 atom stereocenters. The van der Waals surface area contributed by atoms with Crippen LogP contribution < -0.4 is 14.8 Å². The van der Waals surface area contributed by atoms with E-state index in [2.05, 4.69) is 24.4 Å². The maximum Gasteiger partial charge on any atom is 0.231 e. The summed E-state index contributed by atoms with van der Waals surface area (Å²) >= 11 is 0. The standard InChI is InChI=1S/C15H21NO2/c1-11(7-12-3-2-4-12)16-9-13-5-6-14-15(8-13)18-10-17-14/h5-6,8,11-12,16H,2-4,7,9-10H2,1H3. The summed E-state index contributed by atoms with van der Waals surface area (Å²) in [7, 11) is 0. The van der Waals surface area contributed by atoms with Gasteiger partial charge in [0.1, 0.15) is 0 Å². The molecule has 3 nitrogen and oxygen atoms in total. The molecule has 0 spiro atoms. The van der Waals surface area contributed by atoms with Crippen molar-refractivity contribution in [2.24, 2.45) is 5.92 Å². The van der Waals surface area contributed by atoms with E-state index >= 15 is 0 Å². The van der Waals surface area contributed by atoms with Crippen LogP contribution in [-0.2, 0) is 6.54 Å². The lowest BCUT2D eigenvalue weighted by Crippen LogP contribution is -2.29. The molecule has 1 fully saturated rings. The molecular formula is C15H21NO2. The molecule has 0 radical (unpaired) electrons. The number of benzene rings is 1. The number of nitrogens with one attached hydrogen (secondary N) is 1. The Balaban J connectivity index is 1.50. The second kappa shape index (κ2) is 5.19. The van der Waals surface area contributed by atoms with E-state index in [4.69, 9.17) is 9.47 Å². The van der Waals surface area contributed by atoms with Crippen molar-refractivity contribution in [3.8, 4) is 11.5 Å². The molecule has 18 heavy (non-hydrogen) atoms. The Hall–Kier alpha value is -1.22. The predicted molar refractivity (Wildman–Crippen MR) is 70.8 cm³/mol. The molecule has 1 aliphatic carbocycles. The lowest BCUT2D eigenvalue weighted by molar-refractivity contribution is 0.174. The van der Waals surface area contributed by atoms with E-state index < -0.39 is 0 Å². The molecule has 1 aromatic rings. The fourth-order valence-electron chi connectivity index (χ4n) is 2.65. The molecular weight excluding hydrogens is 226 g/mol. The fraction of sp³-hybridized carbons (Fsp3) is 0.600. The molecule has 0 saturated heterocycles. The van der Waals surface area contributed by atoms with Crippen LogP contribution >= 0.6 is 0 Å². The van der Waals surface area contributed by atoms with Gasteiger partial charge in [0.15, 0.2) is 11.5 Å². The maximum atomic E-state index is 5.39. The molecule has 3 heteroatoms. The van der Waals surface area contributed by atoms with Crippen LogP contribution in [0.4, 0.5) is 0 Å². The van der Waals surface area contributed by atoms with Crippen molar-refractivity contribution in [1.82, 2.24) is 5.32 Å². The average Bonchev–Trinajstić information content (AvgIpc) is 2.78. The Kier molecular flexibility index (Phi) is 3.41. The number of ether oxygens (including phenoxy) is 2. The topological polar surface area (TPSA) is 30.5 Å². The molecule has 1 unspecified atom stereocenters. The van der Waals surface area contributed by atoms with Gasteiger partial charge in [-0.05, 0) is 37.0 Å². The molecule has 1 N–H and O–H groups in total. The smallest absolute Gasteiger partial charge is 0.231 e. The van der Waals surface area contributed by atoms with Crippen molar-refractivity contribution in [2.75, 3.05) is 6.79 Å².